The molecule has 3 rings (SSSR count). The van der Waals surface area contributed by atoms with E-state index in [2.05, 4.69) is 15.6 Å². The van der Waals surface area contributed by atoms with Gasteiger partial charge in [-0.2, -0.15) is 0 Å². The van der Waals surface area contributed by atoms with Crippen LogP contribution in [0, 0.1) is 13.8 Å². The van der Waals surface area contributed by atoms with Gasteiger partial charge in [0.2, 0.25) is 5.91 Å². The minimum absolute atomic E-state index is 0.173. The number of carbonyl (C=O) groups excluding carboxylic acids is 2. The number of hydrogen-bond donors (Lipinski definition) is 2. The van der Waals surface area contributed by atoms with Crippen molar-refractivity contribution in [2.24, 2.45) is 0 Å². The van der Waals surface area contributed by atoms with Crippen LogP contribution in [0.1, 0.15) is 27.2 Å². The highest BCUT2D eigenvalue weighted by Gasteiger charge is 2.13. The van der Waals surface area contributed by atoms with Crippen LogP contribution in [-0.2, 0) is 4.79 Å². The molecule has 0 radical (unpaired) electrons. The SMILES string of the molecule is Cc1ccccc1C(=O)NCCC(=O)Nc1nc(-c2ccc(Cl)cc2)c(C)s1. The predicted octanol–water partition coefficient (Wildman–Crippen LogP) is 4.84. The van der Waals surface area contributed by atoms with Crippen molar-refractivity contribution in [3.8, 4) is 11.3 Å². The van der Waals surface area contributed by atoms with E-state index in [0.717, 1.165) is 21.7 Å². The Balaban J connectivity index is 1.54. The molecule has 0 fully saturated rings. The predicted molar refractivity (Wildman–Crippen MR) is 114 cm³/mol. The third-order valence-electron chi connectivity index (χ3n) is 4.19. The number of aryl methyl sites for hydroxylation is 2. The molecule has 0 bridgehead atoms. The molecule has 3 aromatic rings. The molecule has 0 unspecified atom stereocenters. The van der Waals surface area contributed by atoms with Crippen LogP contribution in [-0.4, -0.2) is 23.3 Å². The lowest BCUT2D eigenvalue weighted by molar-refractivity contribution is -0.116. The summed E-state index contributed by atoms with van der Waals surface area (Å²) in [4.78, 5) is 29.9. The molecule has 0 saturated carbocycles. The fourth-order valence-corrected chi connectivity index (χ4v) is 3.70. The maximum absolute atomic E-state index is 12.2. The first-order chi connectivity index (χ1) is 13.4. The lowest BCUT2D eigenvalue weighted by Crippen LogP contribution is -2.28. The van der Waals surface area contributed by atoms with Crippen molar-refractivity contribution >= 4 is 39.9 Å². The molecule has 144 valence electrons. The first-order valence-corrected chi connectivity index (χ1v) is 10.0. The summed E-state index contributed by atoms with van der Waals surface area (Å²) in [5.74, 6) is -0.373. The average molecular weight is 414 g/mol. The number of rotatable bonds is 6. The van der Waals surface area contributed by atoms with Gasteiger partial charge in [-0.05, 0) is 37.6 Å². The summed E-state index contributed by atoms with van der Waals surface area (Å²) in [6.07, 6.45) is 0.173. The summed E-state index contributed by atoms with van der Waals surface area (Å²) in [7, 11) is 0. The molecule has 1 heterocycles. The fourth-order valence-electron chi connectivity index (χ4n) is 2.72. The highest BCUT2D eigenvalue weighted by Crippen LogP contribution is 2.31. The number of nitrogens with zero attached hydrogens (tertiary/aromatic N) is 1. The molecule has 0 spiro atoms. The quantitative estimate of drug-likeness (QED) is 0.607. The number of anilines is 1. The largest absolute Gasteiger partial charge is 0.352 e. The van der Waals surface area contributed by atoms with E-state index < -0.39 is 0 Å². The summed E-state index contributed by atoms with van der Waals surface area (Å²) >= 11 is 7.34. The van der Waals surface area contributed by atoms with Crippen LogP contribution in [0.25, 0.3) is 11.3 Å². The molecule has 28 heavy (non-hydrogen) atoms. The van der Waals surface area contributed by atoms with Gasteiger partial charge in [0.25, 0.3) is 5.91 Å². The third kappa shape index (κ3) is 4.97. The Morgan fingerprint density at radius 1 is 1.07 bits per heavy atom. The Labute approximate surface area is 172 Å². The summed E-state index contributed by atoms with van der Waals surface area (Å²) in [6.45, 7) is 4.10. The van der Waals surface area contributed by atoms with E-state index in [9.17, 15) is 9.59 Å². The van der Waals surface area contributed by atoms with Crippen LogP contribution in [0.3, 0.4) is 0 Å². The molecule has 2 N–H and O–H groups in total. The van der Waals surface area contributed by atoms with Crippen LogP contribution in [0.2, 0.25) is 5.02 Å². The number of aromatic nitrogens is 1. The van der Waals surface area contributed by atoms with Gasteiger partial charge in [0, 0.05) is 34.0 Å². The van der Waals surface area contributed by atoms with Gasteiger partial charge in [-0.15, -0.1) is 11.3 Å². The van der Waals surface area contributed by atoms with E-state index in [0.29, 0.717) is 15.7 Å². The monoisotopic (exact) mass is 413 g/mol. The van der Waals surface area contributed by atoms with Crippen LogP contribution in [0.5, 0.6) is 0 Å². The molecule has 0 aliphatic carbocycles. The van der Waals surface area contributed by atoms with Gasteiger partial charge in [0.05, 0.1) is 5.69 Å². The van der Waals surface area contributed by atoms with Gasteiger partial charge in [-0.3, -0.25) is 9.59 Å². The van der Waals surface area contributed by atoms with Crippen LogP contribution < -0.4 is 10.6 Å². The summed E-state index contributed by atoms with van der Waals surface area (Å²) in [5, 5.41) is 6.78. The van der Waals surface area contributed by atoms with Crippen LogP contribution in [0.15, 0.2) is 48.5 Å². The highest BCUT2D eigenvalue weighted by molar-refractivity contribution is 7.16. The van der Waals surface area contributed by atoms with Crippen molar-refractivity contribution in [3.05, 3.63) is 69.6 Å². The maximum atomic E-state index is 12.2. The van der Waals surface area contributed by atoms with Crippen molar-refractivity contribution in [1.29, 1.82) is 0 Å². The number of hydrogen-bond acceptors (Lipinski definition) is 4. The molecule has 1 aromatic heterocycles. The summed E-state index contributed by atoms with van der Waals surface area (Å²) in [5.41, 5.74) is 3.29. The van der Waals surface area contributed by atoms with E-state index in [4.69, 9.17) is 11.6 Å². The van der Waals surface area contributed by atoms with E-state index >= 15 is 0 Å². The molecule has 2 amide bonds. The normalized spacial score (nSPS) is 10.5. The maximum Gasteiger partial charge on any atom is 0.251 e. The van der Waals surface area contributed by atoms with Gasteiger partial charge >= 0.3 is 0 Å². The van der Waals surface area contributed by atoms with E-state index in [1.807, 2.05) is 56.3 Å². The number of benzene rings is 2. The lowest BCUT2D eigenvalue weighted by atomic mass is 10.1. The Morgan fingerprint density at radius 3 is 2.50 bits per heavy atom. The lowest BCUT2D eigenvalue weighted by Gasteiger charge is -2.07. The van der Waals surface area contributed by atoms with Gasteiger partial charge in [-0.1, -0.05) is 41.9 Å². The standard InChI is InChI=1S/C21H20ClN3O2S/c1-13-5-3-4-6-17(13)20(27)23-12-11-18(26)24-21-25-19(14(2)28-21)15-7-9-16(22)10-8-15/h3-10H,11-12H2,1-2H3,(H,23,27)(H,24,25,26). The molecular formula is C21H20ClN3O2S. The Hall–Kier alpha value is -2.70. The topological polar surface area (TPSA) is 71.1 Å². The summed E-state index contributed by atoms with van der Waals surface area (Å²) in [6, 6.07) is 14.8. The Bertz CT molecular complexity index is 999. The molecule has 0 atom stereocenters. The zero-order valence-electron chi connectivity index (χ0n) is 15.6. The molecular weight excluding hydrogens is 394 g/mol. The van der Waals surface area contributed by atoms with Crippen molar-refractivity contribution in [3.63, 3.8) is 0 Å². The minimum atomic E-state index is -0.193. The van der Waals surface area contributed by atoms with Crippen molar-refractivity contribution in [1.82, 2.24) is 10.3 Å². The Morgan fingerprint density at radius 2 is 1.79 bits per heavy atom. The molecule has 2 aromatic carbocycles. The molecule has 5 nitrogen and oxygen atoms in total. The number of carbonyl (C=O) groups is 2. The van der Waals surface area contributed by atoms with Crippen LogP contribution >= 0.6 is 22.9 Å². The number of nitrogens with one attached hydrogen (secondary N) is 2. The second-order valence-electron chi connectivity index (χ2n) is 6.30. The highest BCUT2D eigenvalue weighted by atomic mass is 35.5. The van der Waals surface area contributed by atoms with E-state index in [1.54, 1.807) is 6.07 Å². The summed E-state index contributed by atoms with van der Waals surface area (Å²) < 4.78 is 0. The zero-order valence-corrected chi connectivity index (χ0v) is 17.2. The Kier molecular flexibility index (Phi) is 6.44. The minimum Gasteiger partial charge on any atom is -0.352 e. The van der Waals surface area contributed by atoms with Crippen molar-refractivity contribution in [2.45, 2.75) is 20.3 Å². The fraction of sp³-hybridized carbons (Fsp3) is 0.190. The van der Waals surface area contributed by atoms with E-state index in [-0.39, 0.29) is 24.8 Å². The second kappa shape index (κ2) is 8.99. The van der Waals surface area contributed by atoms with E-state index in [1.165, 1.54) is 11.3 Å². The average Bonchev–Trinajstić information content (AvgIpc) is 3.02. The van der Waals surface area contributed by atoms with Crippen LogP contribution in [0.4, 0.5) is 5.13 Å². The van der Waals surface area contributed by atoms with Crippen molar-refractivity contribution < 1.29 is 9.59 Å². The second-order valence-corrected chi connectivity index (χ2v) is 7.94. The van der Waals surface area contributed by atoms with Gasteiger partial charge in [0.1, 0.15) is 0 Å². The van der Waals surface area contributed by atoms with Gasteiger partial charge in [0.15, 0.2) is 5.13 Å². The zero-order chi connectivity index (χ0) is 20.1. The third-order valence-corrected chi connectivity index (χ3v) is 5.33. The first-order valence-electron chi connectivity index (χ1n) is 8.81. The first kappa shape index (κ1) is 20.0. The number of amides is 2. The molecule has 0 aliphatic rings. The van der Waals surface area contributed by atoms with Gasteiger partial charge in [-0.25, -0.2) is 4.98 Å². The molecule has 7 heteroatoms. The van der Waals surface area contributed by atoms with Crippen molar-refractivity contribution in [2.75, 3.05) is 11.9 Å². The molecule has 0 aliphatic heterocycles. The molecule has 0 saturated heterocycles. The smallest absolute Gasteiger partial charge is 0.251 e. The number of halogens is 1. The number of thiazole rings is 1. The van der Waals surface area contributed by atoms with Gasteiger partial charge < -0.3 is 10.6 Å².